The molecule has 132 valence electrons. The molecule has 2 rings (SSSR count). The van der Waals surface area contributed by atoms with Crippen LogP contribution in [0.15, 0.2) is 30.3 Å². The Balaban J connectivity index is 1.97. The average Bonchev–Trinajstić information content (AvgIpc) is 2.99. The second-order valence-corrected chi connectivity index (χ2v) is 6.13. The van der Waals surface area contributed by atoms with Crippen LogP contribution in [0.3, 0.4) is 0 Å². The third kappa shape index (κ3) is 4.47. The Labute approximate surface area is 143 Å². The molecule has 1 fully saturated rings. The van der Waals surface area contributed by atoms with E-state index < -0.39 is 18.4 Å². The van der Waals surface area contributed by atoms with Crippen LogP contribution < -0.4 is 0 Å². The lowest BCUT2D eigenvalue weighted by molar-refractivity contribution is -0.136. The van der Waals surface area contributed by atoms with Gasteiger partial charge in [-0.3, -0.25) is 9.69 Å². The lowest BCUT2D eigenvalue weighted by atomic mass is 10.2. The first-order chi connectivity index (χ1) is 11.5. The van der Waals surface area contributed by atoms with E-state index in [2.05, 4.69) is 6.92 Å². The fraction of sp³-hybridized carbons (Fsp3) is 0.556. The molecule has 0 spiro atoms. The van der Waals surface area contributed by atoms with E-state index >= 15 is 0 Å². The van der Waals surface area contributed by atoms with Crippen molar-refractivity contribution in [2.75, 3.05) is 13.6 Å². The van der Waals surface area contributed by atoms with Gasteiger partial charge >= 0.3 is 6.09 Å². The van der Waals surface area contributed by atoms with Gasteiger partial charge in [0.05, 0.1) is 0 Å². The van der Waals surface area contributed by atoms with E-state index in [1.807, 2.05) is 30.3 Å². The van der Waals surface area contributed by atoms with E-state index in [4.69, 9.17) is 4.74 Å². The van der Waals surface area contributed by atoms with Gasteiger partial charge in [0.2, 0.25) is 5.91 Å². The Morgan fingerprint density at radius 2 is 2.00 bits per heavy atom. The Kier molecular flexibility index (Phi) is 6.61. The van der Waals surface area contributed by atoms with Gasteiger partial charge in [0, 0.05) is 13.6 Å². The molecular formula is C18H26N2O4. The quantitative estimate of drug-likeness (QED) is 0.867. The zero-order valence-corrected chi connectivity index (χ0v) is 14.4. The number of carbonyl (C=O) groups excluding carboxylic acids is 2. The van der Waals surface area contributed by atoms with Crippen LogP contribution in [-0.4, -0.2) is 52.8 Å². The molecule has 0 saturated carbocycles. The van der Waals surface area contributed by atoms with E-state index in [0.717, 1.165) is 18.4 Å². The Morgan fingerprint density at radius 3 is 2.67 bits per heavy atom. The highest BCUT2D eigenvalue weighted by Gasteiger charge is 2.42. The minimum atomic E-state index is -0.971. The number of aliphatic hydroxyl groups is 1. The molecule has 1 N–H and O–H groups in total. The molecule has 1 aliphatic heterocycles. The predicted octanol–water partition coefficient (Wildman–Crippen LogP) is 2.36. The molecule has 1 heterocycles. The monoisotopic (exact) mass is 334 g/mol. The predicted molar refractivity (Wildman–Crippen MR) is 90.0 cm³/mol. The molecule has 1 saturated heterocycles. The highest BCUT2D eigenvalue weighted by molar-refractivity contribution is 5.86. The number of amides is 2. The number of hydrogen-bond donors (Lipinski definition) is 1. The first-order valence-electron chi connectivity index (χ1n) is 8.46. The van der Waals surface area contributed by atoms with Crippen LogP contribution in [0, 0.1) is 0 Å². The van der Waals surface area contributed by atoms with E-state index in [9.17, 15) is 14.7 Å². The van der Waals surface area contributed by atoms with E-state index in [1.165, 1.54) is 4.90 Å². The number of benzene rings is 1. The molecule has 0 radical (unpaired) electrons. The normalized spacial score (nSPS) is 20.0. The molecule has 1 aromatic rings. The molecule has 2 amide bonds. The van der Waals surface area contributed by atoms with Crippen molar-refractivity contribution in [1.82, 2.24) is 9.80 Å². The maximum absolute atomic E-state index is 12.6. The van der Waals surface area contributed by atoms with E-state index in [0.29, 0.717) is 19.4 Å². The largest absolute Gasteiger partial charge is 0.444 e. The van der Waals surface area contributed by atoms with Crippen LogP contribution in [0.25, 0.3) is 0 Å². The van der Waals surface area contributed by atoms with Crippen molar-refractivity contribution >= 4 is 12.0 Å². The number of rotatable bonds is 6. The highest BCUT2D eigenvalue weighted by Crippen LogP contribution is 2.25. The summed E-state index contributed by atoms with van der Waals surface area (Å²) in [6.45, 7) is 2.83. The topological polar surface area (TPSA) is 70.1 Å². The maximum Gasteiger partial charge on any atom is 0.412 e. The van der Waals surface area contributed by atoms with Crippen molar-refractivity contribution in [3.63, 3.8) is 0 Å². The van der Waals surface area contributed by atoms with Crippen molar-refractivity contribution in [1.29, 1.82) is 0 Å². The van der Waals surface area contributed by atoms with Crippen molar-refractivity contribution in [2.45, 2.75) is 51.5 Å². The third-order valence-corrected chi connectivity index (χ3v) is 4.28. The summed E-state index contributed by atoms with van der Waals surface area (Å²) in [5.41, 5.74) is 0.863. The third-order valence-electron chi connectivity index (χ3n) is 4.28. The van der Waals surface area contributed by atoms with E-state index in [1.54, 1.807) is 11.9 Å². The van der Waals surface area contributed by atoms with Gasteiger partial charge in [-0.25, -0.2) is 4.79 Å². The first kappa shape index (κ1) is 18.3. The average molecular weight is 334 g/mol. The molecule has 0 bridgehead atoms. The van der Waals surface area contributed by atoms with Crippen molar-refractivity contribution in [3.05, 3.63) is 35.9 Å². The van der Waals surface area contributed by atoms with Gasteiger partial charge in [-0.2, -0.15) is 0 Å². The number of unbranched alkanes of at least 4 members (excludes halogenated alkanes) is 1. The van der Waals surface area contributed by atoms with Crippen molar-refractivity contribution in [3.8, 4) is 0 Å². The van der Waals surface area contributed by atoms with Crippen LogP contribution in [0.1, 0.15) is 38.2 Å². The second kappa shape index (κ2) is 8.68. The summed E-state index contributed by atoms with van der Waals surface area (Å²) in [6.07, 6.45) is 1.13. The standard InChI is InChI=1S/C18H26N2O4/c1-3-4-12-19(2)17(22)15-10-11-16(21)20(15)18(23)24-13-14-8-6-5-7-9-14/h5-9,15-16,21H,3-4,10-13H2,1-2H3/t15-,16?/m0/s1. The number of carbonyl (C=O) groups is 2. The molecule has 6 nitrogen and oxygen atoms in total. The summed E-state index contributed by atoms with van der Waals surface area (Å²) in [5.74, 6) is -0.142. The molecule has 1 aromatic carbocycles. The minimum absolute atomic E-state index is 0.121. The maximum atomic E-state index is 12.6. The first-order valence-corrected chi connectivity index (χ1v) is 8.46. The van der Waals surface area contributed by atoms with Gasteiger partial charge in [0.15, 0.2) is 0 Å². The zero-order valence-electron chi connectivity index (χ0n) is 14.4. The second-order valence-electron chi connectivity index (χ2n) is 6.13. The highest BCUT2D eigenvalue weighted by atomic mass is 16.6. The number of likely N-dealkylation sites (N-methyl/N-ethyl adjacent to an activating group) is 1. The Morgan fingerprint density at radius 1 is 1.29 bits per heavy atom. The van der Waals surface area contributed by atoms with Gasteiger partial charge < -0.3 is 14.7 Å². The molecular weight excluding hydrogens is 308 g/mol. The van der Waals surface area contributed by atoms with Crippen LogP contribution in [0.4, 0.5) is 4.79 Å². The minimum Gasteiger partial charge on any atom is -0.444 e. The van der Waals surface area contributed by atoms with Gasteiger partial charge in [-0.1, -0.05) is 43.7 Å². The Hall–Kier alpha value is -2.08. The summed E-state index contributed by atoms with van der Waals surface area (Å²) in [4.78, 5) is 27.7. The van der Waals surface area contributed by atoms with Gasteiger partial charge in [-0.05, 0) is 24.8 Å². The summed E-state index contributed by atoms with van der Waals surface area (Å²) in [5, 5.41) is 10.1. The molecule has 1 aliphatic rings. The SMILES string of the molecule is CCCCN(C)C(=O)[C@@H]1CCC(O)N1C(=O)OCc1ccccc1. The molecule has 0 aliphatic carbocycles. The van der Waals surface area contributed by atoms with Crippen LogP contribution >= 0.6 is 0 Å². The number of ether oxygens (including phenoxy) is 1. The number of aliphatic hydroxyl groups excluding tert-OH is 1. The van der Waals surface area contributed by atoms with Crippen LogP contribution in [0.2, 0.25) is 0 Å². The van der Waals surface area contributed by atoms with Crippen LogP contribution in [-0.2, 0) is 16.1 Å². The van der Waals surface area contributed by atoms with Gasteiger partial charge in [0.1, 0.15) is 18.9 Å². The molecule has 0 aromatic heterocycles. The zero-order chi connectivity index (χ0) is 17.5. The fourth-order valence-electron chi connectivity index (χ4n) is 2.84. The lowest BCUT2D eigenvalue weighted by Gasteiger charge is -2.29. The molecule has 6 heteroatoms. The molecule has 2 atom stereocenters. The van der Waals surface area contributed by atoms with Gasteiger partial charge in [0.25, 0.3) is 0 Å². The molecule has 24 heavy (non-hydrogen) atoms. The number of nitrogens with zero attached hydrogens (tertiary/aromatic N) is 2. The van der Waals surface area contributed by atoms with Crippen molar-refractivity contribution < 1.29 is 19.4 Å². The molecule has 1 unspecified atom stereocenters. The number of likely N-dealkylation sites (tertiary alicyclic amines) is 1. The number of hydrogen-bond acceptors (Lipinski definition) is 4. The Bertz CT molecular complexity index is 549. The summed E-state index contributed by atoms with van der Waals surface area (Å²) in [7, 11) is 1.73. The van der Waals surface area contributed by atoms with E-state index in [-0.39, 0.29) is 12.5 Å². The lowest BCUT2D eigenvalue weighted by Crippen LogP contribution is -2.49. The smallest absolute Gasteiger partial charge is 0.412 e. The van der Waals surface area contributed by atoms with Gasteiger partial charge in [-0.15, -0.1) is 0 Å². The summed E-state index contributed by atoms with van der Waals surface area (Å²) >= 11 is 0. The fourth-order valence-corrected chi connectivity index (χ4v) is 2.84. The van der Waals surface area contributed by atoms with Crippen molar-refractivity contribution in [2.24, 2.45) is 0 Å². The van der Waals surface area contributed by atoms with Crippen LogP contribution in [0.5, 0.6) is 0 Å². The summed E-state index contributed by atoms with van der Waals surface area (Å²) in [6, 6.07) is 8.68. The summed E-state index contributed by atoms with van der Waals surface area (Å²) < 4.78 is 5.28.